The Morgan fingerprint density at radius 3 is 2.36 bits per heavy atom. The maximum Gasteiger partial charge on any atom is 0.254 e. The normalized spacial score (nSPS) is 10.7. The monoisotopic (exact) mass is 379 g/mol. The molecule has 0 bridgehead atoms. The number of fused-ring (bicyclic) bond motifs is 1. The number of phenolic OH excluding ortho intramolecular Hbond substituents is 1. The third kappa shape index (κ3) is 3.36. The minimum Gasteiger partial charge on any atom is -0.507 e. The molecule has 0 radical (unpaired) electrons. The fourth-order valence-electron chi connectivity index (χ4n) is 3.45. The molecule has 0 aliphatic rings. The Hall–Kier alpha value is -3.21. The van der Waals surface area contributed by atoms with Gasteiger partial charge in [0.2, 0.25) is 0 Å². The maximum absolute atomic E-state index is 13.2. The van der Waals surface area contributed by atoms with E-state index in [0.717, 1.165) is 10.8 Å². The van der Waals surface area contributed by atoms with Crippen molar-refractivity contribution in [1.82, 2.24) is 4.90 Å². The van der Waals surface area contributed by atoms with E-state index in [-0.39, 0.29) is 11.7 Å². The van der Waals surface area contributed by atoms with E-state index in [2.05, 4.69) is 0 Å². The predicted molar refractivity (Wildman–Crippen MR) is 111 cm³/mol. The van der Waals surface area contributed by atoms with Crippen LogP contribution in [0.15, 0.2) is 48.5 Å². The van der Waals surface area contributed by atoms with Crippen LogP contribution in [0.2, 0.25) is 0 Å². The van der Waals surface area contributed by atoms with E-state index >= 15 is 0 Å². The van der Waals surface area contributed by atoms with Crippen LogP contribution in [0.1, 0.15) is 24.2 Å². The molecule has 0 spiro atoms. The van der Waals surface area contributed by atoms with Crippen molar-refractivity contribution in [3.05, 3.63) is 54.1 Å². The fraction of sp³-hybridized carbons (Fsp3) is 0.261. The average Bonchev–Trinajstić information content (AvgIpc) is 2.74. The maximum atomic E-state index is 13.2. The van der Waals surface area contributed by atoms with Gasteiger partial charge in [-0.3, -0.25) is 4.79 Å². The lowest BCUT2D eigenvalue weighted by atomic mass is 9.94. The van der Waals surface area contributed by atoms with Crippen molar-refractivity contribution in [2.75, 3.05) is 27.3 Å². The Morgan fingerprint density at radius 2 is 1.71 bits per heavy atom. The minimum atomic E-state index is -0.134. The zero-order valence-electron chi connectivity index (χ0n) is 16.7. The second kappa shape index (κ2) is 8.21. The molecule has 0 saturated carbocycles. The standard InChI is InChI=1S/C23H25NO4/c1-5-24(6-2)23(26)19-13-16(27-3)14-20(28-4)21(19)18-12-11-15-9-7-8-10-17(15)22(18)25/h7-14,25H,5-6H2,1-4H3. The molecule has 0 unspecified atom stereocenters. The van der Waals surface area contributed by atoms with Crippen molar-refractivity contribution in [3.63, 3.8) is 0 Å². The van der Waals surface area contributed by atoms with Crippen molar-refractivity contribution in [1.29, 1.82) is 0 Å². The number of benzene rings is 3. The Bertz CT molecular complexity index is 1010. The summed E-state index contributed by atoms with van der Waals surface area (Å²) in [6, 6.07) is 14.8. The van der Waals surface area contributed by atoms with E-state index in [1.807, 2.05) is 50.2 Å². The molecule has 1 N–H and O–H groups in total. The molecule has 146 valence electrons. The first-order valence-corrected chi connectivity index (χ1v) is 9.32. The second-order valence-electron chi connectivity index (χ2n) is 6.41. The molecule has 28 heavy (non-hydrogen) atoms. The van der Waals surface area contributed by atoms with Crippen LogP contribution in [0, 0.1) is 0 Å². The number of carbonyl (C=O) groups is 1. The minimum absolute atomic E-state index is 0.121. The highest BCUT2D eigenvalue weighted by atomic mass is 16.5. The summed E-state index contributed by atoms with van der Waals surface area (Å²) < 4.78 is 11.0. The number of nitrogens with zero attached hydrogens (tertiary/aromatic N) is 1. The van der Waals surface area contributed by atoms with Crippen molar-refractivity contribution in [2.45, 2.75) is 13.8 Å². The van der Waals surface area contributed by atoms with Crippen LogP contribution in [-0.2, 0) is 0 Å². The lowest BCUT2D eigenvalue weighted by Gasteiger charge is -2.23. The number of phenols is 1. The summed E-state index contributed by atoms with van der Waals surface area (Å²) in [7, 11) is 3.09. The highest BCUT2D eigenvalue weighted by Crippen LogP contribution is 2.44. The van der Waals surface area contributed by atoms with Gasteiger partial charge in [-0.05, 0) is 31.4 Å². The molecule has 0 aliphatic carbocycles. The Balaban J connectivity index is 2.33. The van der Waals surface area contributed by atoms with E-state index in [1.165, 1.54) is 0 Å². The quantitative estimate of drug-likeness (QED) is 0.674. The van der Waals surface area contributed by atoms with Gasteiger partial charge in [0.15, 0.2) is 0 Å². The van der Waals surface area contributed by atoms with Crippen molar-refractivity contribution in [3.8, 4) is 28.4 Å². The SMILES string of the molecule is CCN(CC)C(=O)c1cc(OC)cc(OC)c1-c1ccc2ccccc2c1O. The van der Waals surface area contributed by atoms with Crippen molar-refractivity contribution < 1.29 is 19.4 Å². The van der Waals surface area contributed by atoms with Gasteiger partial charge >= 0.3 is 0 Å². The van der Waals surface area contributed by atoms with Gasteiger partial charge in [-0.15, -0.1) is 0 Å². The molecule has 5 heteroatoms. The van der Waals surface area contributed by atoms with Gasteiger partial charge in [0.25, 0.3) is 5.91 Å². The van der Waals surface area contributed by atoms with E-state index < -0.39 is 0 Å². The summed E-state index contributed by atoms with van der Waals surface area (Å²) in [6.07, 6.45) is 0. The van der Waals surface area contributed by atoms with Gasteiger partial charge in [0.05, 0.1) is 19.8 Å². The van der Waals surface area contributed by atoms with Gasteiger partial charge in [0, 0.05) is 35.7 Å². The molecule has 1 amide bonds. The molecule has 0 fully saturated rings. The van der Waals surface area contributed by atoms with Crippen LogP contribution in [0.4, 0.5) is 0 Å². The number of rotatable bonds is 6. The molecule has 5 nitrogen and oxygen atoms in total. The van der Waals surface area contributed by atoms with Crippen LogP contribution < -0.4 is 9.47 Å². The number of amides is 1. The Labute approximate surface area is 165 Å². The van der Waals surface area contributed by atoms with Crippen LogP contribution in [0.3, 0.4) is 0 Å². The first kappa shape index (κ1) is 19.5. The second-order valence-corrected chi connectivity index (χ2v) is 6.41. The van der Waals surface area contributed by atoms with Crippen LogP contribution in [0.5, 0.6) is 17.2 Å². The lowest BCUT2D eigenvalue weighted by molar-refractivity contribution is 0.0773. The number of ether oxygens (including phenoxy) is 2. The number of aromatic hydroxyl groups is 1. The highest BCUT2D eigenvalue weighted by molar-refractivity contribution is 6.06. The third-order valence-electron chi connectivity index (χ3n) is 4.98. The Morgan fingerprint density at radius 1 is 1.00 bits per heavy atom. The topological polar surface area (TPSA) is 59.0 Å². The summed E-state index contributed by atoms with van der Waals surface area (Å²) in [5.41, 5.74) is 1.54. The van der Waals surface area contributed by atoms with Crippen LogP contribution >= 0.6 is 0 Å². The van der Waals surface area contributed by atoms with E-state index in [1.54, 1.807) is 31.3 Å². The molecule has 0 atom stereocenters. The summed E-state index contributed by atoms with van der Waals surface area (Å²) in [6.45, 7) is 5.04. The number of methoxy groups -OCH3 is 2. The largest absolute Gasteiger partial charge is 0.507 e. The number of hydrogen-bond donors (Lipinski definition) is 1. The molecular weight excluding hydrogens is 354 g/mol. The third-order valence-corrected chi connectivity index (χ3v) is 4.98. The first-order chi connectivity index (χ1) is 13.5. The summed E-state index contributed by atoms with van der Waals surface area (Å²) in [4.78, 5) is 15.0. The first-order valence-electron chi connectivity index (χ1n) is 9.32. The number of hydrogen-bond acceptors (Lipinski definition) is 4. The molecule has 3 rings (SSSR count). The van der Waals surface area contributed by atoms with E-state index in [9.17, 15) is 9.90 Å². The van der Waals surface area contributed by atoms with Gasteiger partial charge < -0.3 is 19.5 Å². The predicted octanol–water partition coefficient (Wildman–Crippen LogP) is 4.71. The van der Waals surface area contributed by atoms with Crippen molar-refractivity contribution in [2.24, 2.45) is 0 Å². The van der Waals surface area contributed by atoms with E-state index in [0.29, 0.717) is 41.3 Å². The van der Waals surface area contributed by atoms with Gasteiger partial charge in [0.1, 0.15) is 17.2 Å². The molecule has 0 saturated heterocycles. The smallest absolute Gasteiger partial charge is 0.254 e. The Kier molecular flexibility index (Phi) is 5.73. The molecule has 3 aromatic rings. The fourth-order valence-corrected chi connectivity index (χ4v) is 3.45. The molecule has 0 aliphatic heterocycles. The van der Waals surface area contributed by atoms with Crippen molar-refractivity contribution >= 4 is 16.7 Å². The zero-order chi connectivity index (χ0) is 20.3. The summed E-state index contributed by atoms with van der Waals surface area (Å²) >= 11 is 0. The van der Waals surface area contributed by atoms with Gasteiger partial charge in [-0.25, -0.2) is 0 Å². The molecule has 3 aromatic carbocycles. The van der Waals surface area contributed by atoms with Crippen LogP contribution in [0.25, 0.3) is 21.9 Å². The average molecular weight is 379 g/mol. The summed E-state index contributed by atoms with van der Waals surface area (Å²) in [5, 5.41) is 12.6. The summed E-state index contributed by atoms with van der Waals surface area (Å²) in [5.74, 6) is 0.983. The molecule has 0 heterocycles. The zero-order valence-corrected chi connectivity index (χ0v) is 16.7. The van der Waals surface area contributed by atoms with Gasteiger partial charge in [-0.1, -0.05) is 30.3 Å². The lowest BCUT2D eigenvalue weighted by Crippen LogP contribution is -2.31. The molecular formula is C23H25NO4. The van der Waals surface area contributed by atoms with E-state index in [4.69, 9.17) is 9.47 Å². The van der Waals surface area contributed by atoms with Crippen LogP contribution in [-0.4, -0.2) is 43.2 Å². The number of carbonyl (C=O) groups excluding carboxylic acids is 1. The molecule has 0 aromatic heterocycles. The van der Waals surface area contributed by atoms with Gasteiger partial charge in [-0.2, -0.15) is 0 Å². The highest BCUT2D eigenvalue weighted by Gasteiger charge is 2.24.